The number of nitrogens with zero attached hydrogens (tertiary/aromatic N) is 1. The highest BCUT2D eigenvalue weighted by atomic mass is 32.2. The molecule has 5 nitrogen and oxygen atoms in total. The van der Waals surface area contributed by atoms with Gasteiger partial charge in [-0.25, -0.2) is 8.42 Å². The second-order valence-electron chi connectivity index (χ2n) is 8.07. The van der Waals surface area contributed by atoms with Gasteiger partial charge in [-0.15, -0.1) is 0 Å². The highest BCUT2D eigenvalue weighted by Crippen LogP contribution is 2.30. The van der Waals surface area contributed by atoms with Gasteiger partial charge in [0.1, 0.15) is 0 Å². The van der Waals surface area contributed by atoms with E-state index in [2.05, 4.69) is 4.90 Å². The van der Waals surface area contributed by atoms with Crippen molar-refractivity contribution in [2.45, 2.75) is 63.0 Å². The molecule has 1 aliphatic rings. The number of piperidine rings is 1. The molecule has 0 saturated carbocycles. The summed E-state index contributed by atoms with van der Waals surface area (Å²) in [7, 11) is -3.38. The van der Waals surface area contributed by atoms with Crippen LogP contribution in [0.1, 0.15) is 52.0 Å². The van der Waals surface area contributed by atoms with Crippen LogP contribution in [0.15, 0.2) is 29.2 Å². The van der Waals surface area contributed by atoms with Gasteiger partial charge < -0.3 is 9.64 Å². The van der Waals surface area contributed by atoms with Crippen LogP contribution in [0.2, 0.25) is 0 Å². The number of carbonyl (C=O) groups is 1. The fourth-order valence-corrected chi connectivity index (χ4v) is 5.16. The van der Waals surface area contributed by atoms with E-state index in [9.17, 15) is 13.2 Å². The van der Waals surface area contributed by atoms with Crippen LogP contribution in [-0.2, 0) is 19.4 Å². The third-order valence-corrected chi connectivity index (χ3v) is 7.99. The van der Waals surface area contributed by atoms with Crippen LogP contribution in [0.5, 0.6) is 0 Å². The monoisotopic (exact) mass is 395 g/mol. The second kappa shape index (κ2) is 9.20. The number of aryl methyl sites for hydroxylation is 1. The Kier molecular flexibility index (Phi) is 7.46. The highest BCUT2D eigenvalue weighted by molar-refractivity contribution is 7.92. The molecular weight excluding hydrogens is 362 g/mol. The van der Waals surface area contributed by atoms with Crippen LogP contribution in [0, 0.1) is 12.8 Å². The standard InChI is InChI=1S/C21H33NO4S/c1-5-26-20(23)18-8-6-14-22(16-18)15-7-13-21(3,4)27(24,25)19-11-9-17(2)10-12-19/h9-12,18H,5-8,13-16H2,1-4H3. The lowest BCUT2D eigenvalue weighted by Crippen LogP contribution is -2.40. The summed E-state index contributed by atoms with van der Waals surface area (Å²) in [5.41, 5.74) is 1.05. The zero-order valence-electron chi connectivity index (χ0n) is 17.0. The Morgan fingerprint density at radius 2 is 1.93 bits per heavy atom. The number of rotatable bonds is 8. The van der Waals surface area contributed by atoms with E-state index in [1.165, 1.54) is 0 Å². The lowest BCUT2D eigenvalue weighted by atomic mass is 9.97. The molecule has 0 bridgehead atoms. The van der Waals surface area contributed by atoms with Gasteiger partial charge in [0, 0.05) is 6.54 Å². The topological polar surface area (TPSA) is 63.7 Å². The minimum Gasteiger partial charge on any atom is -0.466 e. The molecule has 1 aromatic carbocycles. The first kappa shape index (κ1) is 21.9. The van der Waals surface area contributed by atoms with Crippen molar-refractivity contribution in [3.05, 3.63) is 29.8 Å². The molecule has 27 heavy (non-hydrogen) atoms. The first-order valence-electron chi connectivity index (χ1n) is 9.87. The van der Waals surface area contributed by atoms with Crippen LogP contribution in [0.3, 0.4) is 0 Å². The van der Waals surface area contributed by atoms with Gasteiger partial charge in [0.15, 0.2) is 9.84 Å². The molecule has 0 spiro atoms. The van der Waals surface area contributed by atoms with Gasteiger partial charge in [0.2, 0.25) is 0 Å². The summed E-state index contributed by atoms with van der Waals surface area (Å²) in [4.78, 5) is 14.6. The lowest BCUT2D eigenvalue weighted by Gasteiger charge is -2.32. The summed E-state index contributed by atoms with van der Waals surface area (Å²) in [6, 6.07) is 7.07. The molecule has 152 valence electrons. The van der Waals surface area contributed by atoms with E-state index in [-0.39, 0.29) is 11.9 Å². The SMILES string of the molecule is CCOC(=O)C1CCCN(CCCC(C)(C)S(=O)(=O)c2ccc(C)cc2)C1. The van der Waals surface area contributed by atoms with E-state index in [4.69, 9.17) is 4.74 Å². The predicted molar refractivity (Wildman–Crippen MR) is 107 cm³/mol. The summed E-state index contributed by atoms with van der Waals surface area (Å²) in [6.07, 6.45) is 3.23. The van der Waals surface area contributed by atoms with Gasteiger partial charge >= 0.3 is 5.97 Å². The van der Waals surface area contributed by atoms with Crippen LogP contribution >= 0.6 is 0 Å². The molecule has 1 saturated heterocycles. The summed E-state index contributed by atoms with van der Waals surface area (Å²) < 4.78 is 30.3. The Hall–Kier alpha value is -1.40. The maximum atomic E-state index is 13.0. The van der Waals surface area contributed by atoms with Gasteiger partial charge in [-0.1, -0.05) is 17.7 Å². The van der Waals surface area contributed by atoms with Crippen LogP contribution in [0.4, 0.5) is 0 Å². The molecule has 1 heterocycles. The Bertz CT molecular complexity index is 725. The van der Waals surface area contributed by atoms with Gasteiger partial charge in [-0.3, -0.25) is 4.79 Å². The molecule has 1 unspecified atom stereocenters. The number of likely N-dealkylation sites (tertiary alicyclic amines) is 1. The van der Waals surface area contributed by atoms with Gasteiger partial charge in [0.05, 0.1) is 22.2 Å². The molecule has 0 radical (unpaired) electrons. The molecule has 1 atom stereocenters. The quantitative estimate of drug-likeness (QED) is 0.629. The van der Waals surface area contributed by atoms with E-state index in [1.54, 1.807) is 26.0 Å². The Morgan fingerprint density at radius 3 is 2.56 bits per heavy atom. The lowest BCUT2D eigenvalue weighted by molar-refractivity contribution is -0.149. The van der Waals surface area contributed by atoms with Crippen LogP contribution in [-0.4, -0.2) is 50.3 Å². The van der Waals surface area contributed by atoms with Crippen molar-refractivity contribution in [1.82, 2.24) is 4.90 Å². The molecule has 1 aliphatic heterocycles. The van der Waals surface area contributed by atoms with Crippen molar-refractivity contribution in [2.24, 2.45) is 5.92 Å². The zero-order valence-corrected chi connectivity index (χ0v) is 17.8. The number of esters is 1. The van der Waals surface area contributed by atoms with Crippen molar-refractivity contribution in [3.63, 3.8) is 0 Å². The van der Waals surface area contributed by atoms with Crippen LogP contribution < -0.4 is 0 Å². The Morgan fingerprint density at radius 1 is 1.26 bits per heavy atom. The number of sulfone groups is 1. The third kappa shape index (κ3) is 5.55. The normalized spacial score (nSPS) is 19.0. The average molecular weight is 396 g/mol. The number of carbonyl (C=O) groups excluding carboxylic acids is 1. The predicted octanol–water partition coefficient (Wildman–Crippen LogP) is 3.60. The Balaban J connectivity index is 1.91. The first-order valence-corrected chi connectivity index (χ1v) is 11.4. The van der Waals surface area contributed by atoms with Gasteiger partial charge in [-0.05, 0) is 78.6 Å². The molecule has 0 N–H and O–H groups in total. The Labute approximate surface area is 164 Å². The minimum absolute atomic E-state index is 0.0528. The number of ether oxygens (including phenoxy) is 1. The summed E-state index contributed by atoms with van der Waals surface area (Å²) >= 11 is 0. The molecule has 0 aliphatic carbocycles. The molecule has 2 rings (SSSR count). The average Bonchev–Trinajstić information content (AvgIpc) is 2.62. The molecule has 1 fully saturated rings. The molecular formula is C21H33NO4S. The van der Waals surface area contributed by atoms with Crippen molar-refractivity contribution >= 4 is 15.8 Å². The molecule has 0 amide bonds. The fraction of sp³-hybridized carbons (Fsp3) is 0.667. The summed E-state index contributed by atoms with van der Waals surface area (Å²) in [5, 5.41) is 0. The smallest absolute Gasteiger partial charge is 0.310 e. The van der Waals surface area contributed by atoms with E-state index < -0.39 is 14.6 Å². The van der Waals surface area contributed by atoms with Crippen molar-refractivity contribution < 1.29 is 17.9 Å². The van der Waals surface area contributed by atoms with E-state index in [1.807, 2.05) is 26.0 Å². The van der Waals surface area contributed by atoms with E-state index in [0.29, 0.717) is 24.5 Å². The first-order chi connectivity index (χ1) is 12.7. The summed E-state index contributed by atoms with van der Waals surface area (Å²) in [5.74, 6) is -0.160. The highest BCUT2D eigenvalue weighted by Gasteiger charge is 2.35. The zero-order chi connectivity index (χ0) is 20.1. The van der Waals surface area contributed by atoms with Gasteiger partial charge in [0.25, 0.3) is 0 Å². The van der Waals surface area contributed by atoms with Crippen LogP contribution in [0.25, 0.3) is 0 Å². The van der Waals surface area contributed by atoms with E-state index in [0.717, 1.165) is 37.9 Å². The van der Waals surface area contributed by atoms with Crippen molar-refractivity contribution in [1.29, 1.82) is 0 Å². The molecule has 0 aromatic heterocycles. The molecule has 6 heteroatoms. The number of hydrogen-bond acceptors (Lipinski definition) is 5. The number of hydrogen-bond donors (Lipinski definition) is 0. The maximum Gasteiger partial charge on any atom is 0.310 e. The van der Waals surface area contributed by atoms with E-state index >= 15 is 0 Å². The largest absolute Gasteiger partial charge is 0.466 e. The molecule has 1 aromatic rings. The minimum atomic E-state index is -3.38. The number of benzene rings is 1. The summed E-state index contributed by atoms with van der Waals surface area (Å²) in [6.45, 7) is 10.3. The fourth-order valence-electron chi connectivity index (χ4n) is 3.61. The van der Waals surface area contributed by atoms with Crippen molar-refractivity contribution in [2.75, 3.05) is 26.2 Å². The second-order valence-corrected chi connectivity index (χ2v) is 10.7. The van der Waals surface area contributed by atoms with Crippen molar-refractivity contribution in [3.8, 4) is 0 Å². The maximum absolute atomic E-state index is 13.0. The van der Waals surface area contributed by atoms with Gasteiger partial charge in [-0.2, -0.15) is 0 Å². The third-order valence-electron chi connectivity index (χ3n) is 5.44.